The van der Waals surface area contributed by atoms with Crippen LogP contribution >= 0.6 is 0 Å². The summed E-state index contributed by atoms with van der Waals surface area (Å²) in [5, 5.41) is 11.2. The van der Waals surface area contributed by atoms with E-state index in [1.54, 1.807) is 23.1 Å². The highest BCUT2D eigenvalue weighted by Gasteiger charge is 2.45. The Kier molecular flexibility index (Phi) is 14.8. The van der Waals surface area contributed by atoms with Gasteiger partial charge in [0.2, 0.25) is 23.6 Å². The van der Waals surface area contributed by atoms with Gasteiger partial charge in [0.25, 0.3) is 23.6 Å². The van der Waals surface area contributed by atoms with Crippen LogP contribution in [0.15, 0.2) is 53.4 Å². The van der Waals surface area contributed by atoms with Crippen LogP contribution in [0.5, 0.6) is 0 Å². The molecule has 0 bridgehead atoms. The molecule has 2 saturated heterocycles. The zero-order valence-electron chi connectivity index (χ0n) is 35.3. The summed E-state index contributed by atoms with van der Waals surface area (Å²) in [6.45, 7) is 0.627. The Morgan fingerprint density at radius 1 is 0.955 bits per heavy atom. The zero-order chi connectivity index (χ0) is 47.0. The number of aromatic nitrogens is 4. The number of halogens is 3. The van der Waals surface area contributed by atoms with Crippen LogP contribution in [0.25, 0.3) is 11.5 Å². The summed E-state index contributed by atoms with van der Waals surface area (Å²) in [5.41, 5.74) is 6.61. The Hall–Kier alpha value is -7.05. The van der Waals surface area contributed by atoms with Crippen molar-refractivity contribution in [2.24, 2.45) is 5.73 Å². The minimum Gasteiger partial charge on any atom is -0.444 e. The number of rotatable bonds is 20. The number of amides is 7. The number of oxazole rings is 1. The Morgan fingerprint density at radius 2 is 1.70 bits per heavy atom. The number of carbonyl (C=O) groups is 7. The number of piperidine rings is 2. The molecule has 4 aromatic rings. The monoisotopic (exact) mass is 922 g/mol. The van der Waals surface area contributed by atoms with Gasteiger partial charge in [-0.25, -0.2) is 9.97 Å². The smallest absolute Gasteiger partial charge is 0.405 e. The number of aryl methyl sites for hydroxylation is 1. The van der Waals surface area contributed by atoms with Gasteiger partial charge < -0.3 is 39.9 Å². The molecule has 66 heavy (non-hydrogen) atoms. The third kappa shape index (κ3) is 11.4. The van der Waals surface area contributed by atoms with Gasteiger partial charge in [0.15, 0.2) is 11.4 Å². The number of primary amides is 1. The highest BCUT2D eigenvalue weighted by molar-refractivity contribution is 6.24. The van der Waals surface area contributed by atoms with Gasteiger partial charge >= 0.3 is 6.18 Å². The lowest BCUT2D eigenvalue weighted by molar-refractivity contribution is -0.138. The van der Waals surface area contributed by atoms with Crippen molar-refractivity contribution >= 4 is 52.9 Å². The predicted octanol–water partition coefficient (Wildman–Crippen LogP) is 2.51. The lowest BCUT2D eigenvalue weighted by Gasteiger charge is -2.32. The van der Waals surface area contributed by atoms with E-state index in [1.165, 1.54) is 29.2 Å². The van der Waals surface area contributed by atoms with E-state index < -0.39 is 54.2 Å². The highest BCUT2D eigenvalue weighted by Crippen LogP contribution is 2.31. The largest absolute Gasteiger partial charge is 0.444 e. The van der Waals surface area contributed by atoms with Gasteiger partial charge in [0.05, 0.1) is 49.3 Å². The number of nitrogens with zero attached hydrogens (tertiary/aromatic N) is 6. The molecule has 0 spiro atoms. The van der Waals surface area contributed by atoms with Crippen LogP contribution in [-0.4, -0.2) is 142 Å². The molecule has 1 unspecified atom stereocenters. The van der Waals surface area contributed by atoms with Crippen LogP contribution < -0.4 is 21.7 Å². The first-order valence-electron chi connectivity index (χ1n) is 20.9. The number of nitrogens with two attached hydrogens (primary N) is 1. The number of nitrogens with one attached hydrogen (secondary N) is 3. The molecule has 7 amide bonds. The van der Waals surface area contributed by atoms with Gasteiger partial charge in [-0.15, -0.1) is 0 Å². The van der Waals surface area contributed by atoms with Crippen molar-refractivity contribution in [3.63, 3.8) is 0 Å². The molecule has 24 heteroatoms. The minimum absolute atomic E-state index is 0.0207. The van der Waals surface area contributed by atoms with Gasteiger partial charge in [-0.3, -0.25) is 48.5 Å². The standard InChI is InChI=1S/C42H45F3N10O11/c43-42(44,45)23-48-31-19-25(8-11-47-31)39-50-29(21-66-39)37(59)49-28-20-54(52-35(28)36(46)58)26-9-12-53(13-10-26)33(57)22-65-18-17-64-16-15-63-14-2-4-24-3-1-5-27-34(24)41(62)55(40(27)61)30-6-7-32(56)51-38(30)60/h1,3,5,8,11,19-21,26,30H,2,4,6-7,9-10,12-18,22-23H2,(H2,46,58)(H,47,48)(H,49,59)(H,51,56,60). The third-order valence-corrected chi connectivity index (χ3v) is 10.9. The molecule has 3 aliphatic heterocycles. The first-order valence-corrected chi connectivity index (χ1v) is 20.9. The van der Waals surface area contributed by atoms with E-state index in [0.29, 0.717) is 57.6 Å². The number of fused-ring (bicyclic) bond motifs is 1. The Morgan fingerprint density at radius 3 is 2.42 bits per heavy atom. The van der Waals surface area contributed by atoms with Gasteiger partial charge in [-0.1, -0.05) is 12.1 Å². The number of hydrogen-bond acceptors (Lipinski definition) is 15. The van der Waals surface area contributed by atoms with Crippen LogP contribution in [0.4, 0.5) is 24.7 Å². The second-order valence-electron chi connectivity index (χ2n) is 15.4. The Labute approximate surface area is 373 Å². The second-order valence-corrected chi connectivity index (χ2v) is 15.4. The van der Waals surface area contributed by atoms with E-state index in [-0.39, 0.29) is 96.7 Å². The highest BCUT2D eigenvalue weighted by atomic mass is 19.4. The predicted molar refractivity (Wildman–Crippen MR) is 222 cm³/mol. The fourth-order valence-electron chi connectivity index (χ4n) is 7.63. The van der Waals surface area contributed by atoms with Crippen molar-refractivity contribution in [1.82, 2.24) is 34.9 Å². The molecule has 2 fully saturated rings. The summed E-state index contributed by atoms with van der Waals surface area (Å²) in [4.78, 5) is 99.0. The van der Waals surface area contributed by atoms with Crippen LogP contribution in [0, 0.1) is 0 Å². The molecule has 6 heterocycles. The molecule has 1 atom stereocenters. The maximum atomic E-state index is 13.3. The molecular weight excluding hydrogens is 878 g/mol. The van der Waals surface area contributed by atoms with Gasteiger partial charge in [0, 0.05) is 44.1 Å². The SMILES string of the molecule is NC(=O)c1nn(C2CCN(C(=O)COCCOCCOCCCc3cccc4c3C(=O)N(C3CCC(=O)NC3=O)C4=O)CC2)cc1NC(=O)c1coc(-c2ccnc(NCC(F)(F)F)c2)n1. The molecule has 1 aromatic carbocycles. The van der Waals surface area contributed by atoms with E-state index >= 15 is 0 Å². The molecule has 350 valence electrons. The minimum atomic E-state index is -4.46. The number of anilines is 2. The second kappa shape index (κ2) is 20.8. The number of ether oxygens (including phenoxy) is 3. The van der Waals surface area contributed by atoms with Crippen molar-refractivity contribution in [2.75, 3.05) is 69.9 Å². The Balaban J connectivity index is 0.770. The van der Waals surface area contributed by atoms with Crippen LogP contribution in [-0.2, 0) is 35.0 Å². The number of benzene rings is 1. The van der Waals surface area contributed by atoms with E-state index in [2.05, 4.69) is 31.0 Å². The van der Waals surface area contributed by atoms with Crippen molar-refractivity contribution in [1.29, 1.82) is 0 Å². The summed E-state index contributed by atoms with van der Waals surface area (Å²) in [6, 6.07) is 6.46. The molecule has 0 radical (unpaired) electrons. The van der Waals surface area contributed by atoms with Crippen molar-refractivity contribution < 1.29 is 65.4 Å². The van der Waals surface area contributed by atoms with Gasteiger partial charge in [-0.2, -0.15) is 18.3 Å². The van der Waals surface area contributed by atoms with Crippen LogP contribution in [0.3, 0.4) is 0 Å². The average molecular weight is 923 g/mol. The van der Waals surface area contributed by atoms with Gasteiger partial charge in [0.1, 0.15) is 31.3 Å². The number of carbonyl (C=O) groups excluding carboxylic acids is 7. The summed E-state index contributed by atoms with van der Waals surface area (Å²) in [5.74, 6) is -4.21. The Bertz CT molecular complexity index is 2480. The fraction of sp³-hybridized carbons (Fsp3) is 0.429. The maximum Gasteiger partial charge on any atom is 0.405 e. The maximum absolute atomic E-state index is 13.3. The van der Waals surface area contributed by atoms with Crippen molar-refractivity contribution in [3.8, 4) is 11.5 Å². The number of pyridine rings is 1. The molecule has 0 saturated carbocycles. The lowest BCUT2D eigenvalue weighted by Crippen LogP contribution is -2.54. The van der Waals surface area contributed by atoms with E-state index in [0.717, 1.165) is 11.2 Å². The lowest BCUT2D eigenvalue weighted by atomic mass is 9.99. The quantitative estimate of drug-likeness (QED) is 0.0733. The molecule has 3 aromatic heterocycles. The molecule has 5 N–H and O–H groups in total. The van der Waals surface area contributed by atoms with Crippen LogP contribution in [0.2, 0.25) is 0 Å². The number of imide groups is 2. The van der Waals surface area contributed by atoms with Crippen LogP contribution in [0.1, 0.15) is 85.4 Å². The molecule has 21 nitrogen and oxygen atoms in total. The fourth-order valence-corrected chi connectivity index (χ4v) is 7.63. The summed E-state index contributed by atoms with van der Waals surface area (Å²) >= 11 is 0. The summed E-state index contributed by atoms with van der Waals surface area (Å²) in [6.07, 6.45) is 1.40. The first kappa shape index (κ1) is 46.9. The molecular formula is C42H45F3N10O11. The molecule has 7 rings (SSSR count). The third-order valence-electron chi connectivity index (χ3n) is 10.9. The normalized spacial score (nSPS) is 16.7. The average Bonchev–Trinajstić information content (AvgIpc) is 4.02. The van der Waals surface area contributed by atoms with Gasteiger partial charge in [-0.05, 0) is 55.9 Å². The van der Waals surface area contributed by atoms with E-state index in [4.69, 9.17) is 24.4 Å². The van der Waals surface area contributed by atoms with Crippen molar-refractivity contribution in [2.45, 2.75) is 56.8 Å². The molecule has 0 aliphatic carbocycles. The number of hydrogen-bond donors (Lipinski definition) is 4. The summed E-state index contributed by atoms with van der Waals surface area (Å²) in [7, 11) is 0. The molecule has 3 aliphatic rings. The topological polar surface area (TPSA) is 273 Å². The number of likely N-dealkylation sites (tertiary alicyclic amines) is 1. The van der Waals surface area contributed by atoms with E-state index in [1.807, 2.05) is 0 Å². The zero-order valence-corrected chi connectivity index (χ0v) is 35.3. The van der Waals surface area contributed by atoms with E-state index in [9.17, 15) is 46.7 Å². The summed E-state index contributed by atoms with van der Waals surface area (Å²) < 4.78 is 61.5. The number of alkyl halides is 3. The van der Waals surface area contributed by atoms with Crippen molar-refractivity contribution in [3.05, 3.63) is 77.1 Å². The first-order chi connectivity index (χ1) is 31.7.